The Labute approximate surface area is 167 Å². The van der Waals surface area contributed by atoms with E-state index in [1.54, 1.807) is 68.0 Å². The first-order valence-corrected chi connectivity index (χ1v) is 9.49. The molecule has 1 aromatic heterocycles. The van der Waals surface area contributed by atoms with Crippen LogP contribution in [0.15, 0.2) is 47.8 Å². The van der Waals surface area contributed by atoms with Gasteiger partial charge in [0.15, 0.2) is 0 Å². The summed E-state index contributed by atoms with van der Waals surface area (Å²) in [4.78, 5) is 16.7. The normalized spacial score (nSPS) is 10.4. The van der Waals surface area contributed by atoms with Crippen molar-refractivity contribution >= 4 is 17.3 Å². The van der Waals surface area contributed by atoms with E-state index in [-0.39, 0.29) is 6.61 Å². The van der Waals surface area contributed by atoms with Gasteiger partial charge in [-0.15, -0.1) is 11.3 Å². The van der Waals surface area contributed by atoms with Gasteiger partial charge in [0.05, 0.1) is 30.5 Å². The molecule has 0 spiro atoms. The Morgan fingerprint density at radius 2 is 1.75 bits per heavy atom. The molecule has 28 heavy (non-hydrogen) atoms. The number of aryl methyl sites for hydroxylation is 1. The zero-order valence-electron chi connectivity index (χ0n) is 15.9. The van der Waals surface area contributed by atoms with Gasteiger partial charge in [-0.25, -0.2) is 9.78 Å². The maximum Gasteiger partial charge on any atom is 0.338 e. The summed E-state index contributed by atoms with van der Waals surface area (Å²) < 4.78 is 21.6. The number of esters is 1. The lowest BCUT2D eigenvalue weighted by Crippen LogP contribution is -2.06. The van der Waals surface area contributed by atoms with Gasteiger partial charge in [-0.3, -0.25) is 0 Å². The number of carbonyl (C=O) groups is 1. The lowest BCUT2D eigenvalue weighted by molar-refractivity contribution is 0.0470. The molecule has 7 heteroatoms. The van der Waals surface area contributed by atoms with Gasteiger partial charge < -0.3 is 18.9 Å². The van der Waals surface area contributed by atoms with Crippen LogP contribution in [0.2, 0.25) is 0 Å². The predicted octanol–water partition coefficient (Wildman–Crippen LogP) is 4.40. The number of ether oxygens (including phenoxy) is 4. The van der Waals surface area contributed by atoms with Gasteiger partial charge in [0, 0.05) is 10.9 Å². The fraction of sp³-hybridized carbons (Fsp3) is 0.238. The Kier molecular flexibility index (Phi) is 6.49. The summed E-state index contributed by atoms with van der Waals surface area (Å²) in [5.74, 6) is 1.54. The SMILES string of the molecule is COc1ccc(OC)c(COC(=O)c2ccc(OCc3csc(C)n3)cc2)c1. The topological polar surface area (TPSA) is 66.9 Å². The largest absolute Gasteiger partial charge is 0.497 e. The van der Waals surface area contributed by atoms with Crippen LogP contribution in [0.25, 0.3) is 0 Å². The predicted molar refractivity (Wildman–Crippen MR) is 106 cm³/mol. The summed E-state index contributed by atoms with van der Waals surface area (Å²) in [5.41, 5.74) is 2.06. The molecule has 0 bridgehead atoms. The van der Waals surface area contributed by atoms with Crippen molar-refractivity contribution in [2.75, 3.05) is 14.2 Å². The van der Waals surface area contributed by atoms with Crippen molar-refractivity contribution in [3.63, 3.8) is 0 Å². The van der Waals surface area contributed by atoms with E-state index in [4.69, 9.17) is 18.9 Å². The van der Waals surface area contributed by atoms with Crippen molar-refractivity contribution in [3.8, 4) is 17.2 Å². The first-order valence-electron chi connectivity index (χ1n) is 8.61. The highest BCUT2D eigenvalue weighted by atomic mass is 32.1. The van der Waals surface area contributed by atoms with Crippen molar-refractivity contribution in [2.24, 2.45) is 0 Å². The van der Waals surface area contributed by atoms with E-state index in [0.29, 0.717) is 29.4 Å². The van der Waals surface area contributed by atoms with E-state index in [1.165, 1.54) is 0 Å². The highest BCUT2D eigenvalue weighted by molar-refractivity contribution is 7.09. The van der Waals surface area contributed by atoms with Crippen LogP contribution in [0.4, 0.5) is 0 Å². The Bertz CT molecular complexity index is 936. The van der Waals surface area contributed by atoms with Crippen molar-refractivity contribution in [1.29, 1.82) is 0 Å². The Morgan fingerprint density at radius 3 is 2.39 bits per heavy atom. The zero-order valence-corrected chi connectivity index (χ0v) is 16.7. The fourth-order valence-electron chi connectivity index (χ4n) is 2.54. The molecule has 3 aromatic rings. The quantitative estimate of drug-likeness (QED) is 0.523. The fourth-order valence-corrected chi connectivity index (χ4v) is 3.14. The highest BCUT2D eigenvalue weighted by Crippen LogP contribution is 2.25. The molecule has 1 heterocycles. The second-order valence-electron chi connectivity index (χ2n) is 5.92. The molecule has 0 radical (unpaired) electrons. The van der Waals surface area contributed by atoms with E-state index in [9.17, 15) is 4.79 Å². The molecule has 0 N–H and O–H groups in total. The lowest BCUT2D eigenvalue weighted by Gasteiger charge is -2.11. The third kappa shape index (κ3) is 5.01. The first-order chi connectivity index (χ1) is 13.6. The van der Waals surface area contributed by atoms with Gasteiger partial charge in [0.2, 0.25) is 0 Å². The summed E-state index contributed by atoms with van der Waals surface area (Å²) >= 11 is 1.59. The number of thiazole rings is 1. The molecule has 0 saturated heterocycles. The molecule has 0 aliphatic heterocycles. The second-order valence-corrected chi connectivity index (χ2v) is 6.99. The standard InChI is InChI=1S/C21H21NO5S/c1-14-22-17(13-28-14)12-26-18-6-4-15(5-7-18)21(23)27-11-16-10-19(24-2)8-9-20(16)25-3/h4-10,13H,11-12H2,1-3H3. The van der Waals surface area contributed by atoms with Gasteiger partial charge in [-0.1, -0.05) is 0 Å². The maximum absolute atomic E-state index is 12.3. The van der Waals surface area contributed by atoms with E-state index < -0.39 is 5.97 Å². The number of hydrogen-bond acceptors (Lipinski definition) is 7. The molecular weight excluding hydrogens is 378 g/mol. The van der Waals surface area contributed by atoms with Gasteiger partial charge in [-0.05, 0) is 49.4 Å². The average Bonchev–Trinajstić information content (AvgIpc) is 3.15. The first kappa shape index (κ1) is 19.7. The minimum absolute atomic E-state index is 0.0840. The number of hydrogen-bond donors (Lipinski definition) is 0. The van der Waals surface area contributed by atoms with Crippen molar-refractivity contribution in [1.82, 2.24) is 4.98 Å². The molecule has 3 rings (SSSR count). The Balaban J connectivity index is 1.57. The molecule has 0 aliphatic carbocycles. The van der Waals surface area contributed by atoms with E-state index in [1.807, 2.05) is 12.3 Å². The number of carbonyl (C=O) groups excluding carboxylic acids is 1. The van der Waals surface area contributed by atoms with Crippen molar-refractivity contribution in [2.45, 2.75) is 20.1 Å². The third-order valence-electron chi connectivity index (χ3n) is 3.99. The minimum atomic E-state index is -0.424. The van der Waals surface area contributed by atoms with Gasteiger partial charge in [0.25, 0.3) is 0 Å². The molecular formula is C21H21NO5S. The average molecular weight is 399 g/mol. The van der Waals surface area contributed by atoms with E-state index >= 15 is 0 Å². The summed E-state index contributed by atoms with van der Waals surface area (Å²) in [6, 6.07) is 12.2. The number of aromatic nitrogens is 1. The van der Waals surface area contributed by atoms with Crippen molar-refractivity contribution in [3.05, 3.63) is 69.7 Å². The van der Waals surface area contributed by atoms with Crippen LogP contribution in [-0.2, 0) is 18.0 Å². The number of rotatable bonds is 8. The molecule has 0 saturated carbocycles. The Hall–Kier alpha value is -3.06. The summed E-state index contributed by atoms with van der Waals surface area (Å²) in [6.07, 6.45) is 0. The van der Waals surface area contributed by atoms with Gasteiger partial charge >= 0.3 is 5.97 Å². The summed E-state index contributed by atoms with van der Waals surface area (Å²) in [7, 11) is 3.15. The Morgan fingerprint density at radius 1 is 1.00 bits per heavy atom. The number of methoxy groups -OCH3 is 2. The molecule has 146 valence electrons. The number of benzene rings is 2. The summed E-state index contributed by atoms with van der Waals surface area (Å²) in [5, 5.41) is 2.97. The monoisotopic (exact) mass is 399 g/mol. The molecule has 0 fully saturated rings. The van der Waals surface area contributed by atoms with Gasteiger partial charge in [0.1, 0.15) is 30.5 Å². The van der Waals surface area contributed by atoms with Crippen LogP contribution in [0.3, 0.4) is 0 Å². The molecule has 6 nitrogen and oxygen atoms in total. The smallest absolute Gasteiger partial charge is 0.338 e. The molecule has 2 aromatic carbocycles. The van der Waals surface area contributed by atoms with E-state index in [2.05, 4.69) is 4.98 Å². The highest BCUT2D eigenvalue weighted by Gasteiger charge is 2.11. The molecule has 0 aliphatic rings. The maximum atomic E-state index is 12.3. The molecule has 0 amide bonds. The van der Waals surface area contributed by atoms with Crippen LogP contribution in [0, 0.1) is 6.92 Å². The molecule has 0 atom stereocenters. The summed E-state index contributed by atoms with van der Waals surface area (Å²) in [6.45, 7) is 2.43. The third-order valence-corrected chi connectivity index (χ3v) is 4.81. The molecule has 0 unspecified atom stereocenters. The zero-order chi connectivity index (χ0) is 19.9. The van der Waals surface area contributed by atoms with Crippen molar-refractivity contribution < 1.29 is 23.7 Å². The minimum Gasteiger partial charge on any atom is -0.497 e. The van der Waals surface area contributed by atoms with Crippen LogP contribution < -0.4 is 14.2 Å². The van der Waals surface area contributed by atoms with Crippen LogP contribution in [-0.4, -0.2) is 25.2 Å². The van der Waals surface area contributed by atoms with Crippen LogP contribution in [0.5, 0.6) is 17.2 Å². The van der Waals surface area contributed by atoms with Crippen LogP contribution >= 0.6 is 11.3 Å². The van der Waals surface area contributed by atoms with Gasteiger partial charge in [-0.2, -0.15) is 0 Å². The number of nitrogens with zero attached hydrogens (tertiary/aromatic N) is 1. The van der Waals surface area contributed by atoms with Crippen LogP contribution in [0.1, 0.15) is 26.6 Å². The lowest BCUT2D eigenvalue weighted by atomic mass is 10.2. The van der Waals surface area contributed by atoms with E-state index in [0.717, 1.165) is 16.3 Å². The second kappa shape index (κ2) is 9.23.